The third kappa shape index (κ3) is 2.53. The Morgan fingerprint density at radius 2 is 1.86 bits per heavy atom. The number of benzene rings is 1. The number of hydrogen-bond donors (Lipinski definition) is 1. The van der Waals surface area contributed by atoms with Crippen LogP contribution in [0.15, 0.2) is 30.3 Å². The van der Waals surface area contributed by atoms with Crippen molar-refractivity contribution in [1.82, 2.24) is 4.90 Å². The fourth-order valence-corrected chi connectivity index (χ4v) is 3.26. The second-order valence-electron chi connectivity index (χ2n) is 5.85. The highest BCUT2D eigenvalue weighted by Crippen LogP contribution is 2.39. The third-order valence-electron chi connectivity index (χ3n) is 4.35. The summed E-state index contributed by atoms with van der Waals surface area (Å²) in [7, 11) is 0. The first-order valence-corrected chi connectivity index (χ1v) is 7.31. The number of carboxylic acid groups (broad SMARTS) is 1. The van der Waals surface area contributed by atoms with Crippen molar-refractivity contribution in [3.63, 3.8) is 0 Å². The van der Waals surface area contributed by atoms with Gasteiger partial charge in [-0.1, -0.05) is 37.3 Å². The van der Waals surface area contributed by atoms with Crippen LogP contribution in [0.2, 0.25) is 0 Å². The average Bonchev–Trinajstić information content (AvgIpc) is 2.95. The van der Waals surface area contributed by atoms with Gasteiger partial charge in [-0.05, 0) is 24.3 Å². The summed E-state index contributed by atoms with van der Waals surface area (Å²) in [6.45, 7) is 2.83. The van der Waals surface area contributed by atoms with Crippen LogP contribution in [0.3, 0.4) is 0 Å². The number of likely N-dealkylation sites (tertiary alicyclic amines) is 1. The number of aliphatic carboxylic acids is 1. The molecule has 0 aromatic heterocycles. The van der Waals surface area contributed by atoms with Crippen LogP contribution in [0.1, 0.15) is 31.4 Å². The summed E-state index contributed by atoms with van der Waals surface area (Å²) in [6, 6.07) is 10.0. The Balaban J connectivity index is 1.70. The van der Waals surface area contributed by atoms with E-state index in [0.29, 0.717) is 25.3 Å². The number of carbonyl (C=O) groups is 2. The molecule has 1 amide bonds. The summed E-state index contributed by atoms with van der Waals surface area (Å²) in [4.78, 5) is 25.3. The van der Waals surface area contributed by atoms with Gasteiger partial charge in [0.1, 0.15) is 6.10 Å². The van der Waals surface area contributed by atoms with Crippen LogP contribution in [0, 0.1) is 5.92 Å². The molecule has 2 aliphatic rings. The molecule has 1 aromatic rings. The molecule has 5 heteroatoms. The SMILES string of the molecule is CC1CN(C(=O)[C@@H]2CC[C@H](C(=O)O)O2)C1c1ccccc1. The number of carbonyl (C=O) groups excluding carboxylic acids is 1. The lowest BCUT2D eigenvalue weighted by atomic mass is 9.84. The predicted octanol–water partition coefficient (Wildman–Crippen LogP) is 1.84. The number of ether oxygens (including phenoxy) is 1. The maximum absolute atomic E-state index is 12.5. The minimum absolute atomic E-state index is 0.0752. The van der Waals surface area contributed by atoms with E-state index in [1.807, 2.05) is 35.2 Å². The first-order chi connectivity index (χ1) is 10.1. The highest BCUT2D eigenvalue weighted by Gasteiger charge is 2.45. The standard InChI is InChI=1S/C16H19NO4/c1-10-9-17(14(10)11-5-3-2-4-6-11)15(18)12-7-8-13(21-12)16(19)20/h2-6,10,12-14H,7-9H2,1H3,(H,19,20)/t10?,12-,13+,14?/m0/s1. The van der Waals surface area contributed by atoms with Gasteiger partial charge in [-0.15, -0.1) is 0 Å². The van der Waals surface area contributed by atoms with Gasteiger partial charge in [-0.2, -0.15) is 0 Å². The van der Waals surface area contributed by atoms with Crippen LogP contribution < -0.4 is 0 Å². The van der Waals surface area contributed by atoms with E-state index in [9.17, 15) is 9.59 Å². The highest BCUT2D eigenvalue weighted by molar-refractivity contribution is 5.84. The molecule has 1 N–H and O–H groups in total. The summed E-state index contributed by atoms with van der Waals surface area (Å²) >= 11 is 0. The van der Waals surface area contributed by atoms with Gasteiger partial charge in [0.25, 0.3) is 5.91 Å². The first-order valence-electron chi connectivity index (χ1n) is 7.31. The van der Waals surface area contributed by atoms with Gasteiger partial charge in [-0.3, -0.25) is 4.79 Å². The third-order valence-corrected chi connectivity index (χ3v) is 4.35. The lowest BCUT2D eigenvalue weighted by Gasteiger charge is -2.47. The number of amides is 1. The van der Waals surface area contributed by atoms with E-state index < -0.39 is 18.2 Å². The molecule has 0 aliphatic carbocycles. The fourth-order valence-electron chi connectivity index (χ4n) is 3.26. The van der Waals surface area contributed by atoms with E-state index >= 15 is 0 Å². The van der Waals surface area contributed by atoms with E-state index in [1.54, 1.807) is 0 Å². The molecular weight excluding hydrogens is 270 g/mol. The molecule has 5 nitrogen and oxygen atoms in total. The van der Waals surface area contributed by atoms with Crippen molar-refractivity contribution in [2.75, 3.05) is 6.54 Å². The van der Waals surface area contributed by atoms with E-state index in [0.717, 1.165) is 5.56 Å². The van der Waals surface area contributed by atoms with Crippen molar-refractivity contribution in [3.8, 4) is 0 Å². The van der Waals surface area contributed by atoms with Gasteiger partial charge in [0.2, 0.25) is 0 Å². The average molecular weight is 289 g/mol. The molecular formula is C16H19NO4. The molecule has 2 unspecified atom stereocenters. The van der Waals surface area contributed by atoms with E-state index in [1.165, 1.54) is 0 Å². The van der Waals surface area contributed by atoms with Crippen LogP contribution in [0.25, 0.3) is 0 Å². The van der Waals surface area contributed by atoms with E-state index in [-0.39, 0.29) is 11.9 Å². The highest BCUT2D eigenvalue weighted by atomic mass is 16.5. The Hall–Kier alpha value is -1.88. The second kappa shape index (κ2) is 5.48. The zero-order valence-corrected chi connectivity index (χ0v) is 11.9. The topological polar surface area (TPSA) is 66.8 Å². The number of carboxylic acids is 1. The molecule has 0 spiro atoms. The van der Waals surface area contributed by atoms with Crippen LogP contribution >= 0.6 is 0 Å². The van der Waals surface area contributed by atoms with Gasteiger partial charge in [0, 0.05) is 6.54 Å². The Morgan fingerprint density at radius 3 is 2.43 bits per heavy atom. The summed E-state index contributed by atoms with van der Waals surface area (Å²) in [5, 5.41) is 8.94. The van der Waals surface area contributed by atoms with Crippen LogP contribution in [0.4, 0.5) is 0 Å². The molecule has 1 aromatic carbocycles. The Labute approximate surface area is 123 Å². The van der Waals surface area contributed by atoms with Gasteiger partial charge in [0.15, 0.2) is 6.10 Å². The van der Waals surface area contributed by atoms with Gasteiger partial charge in [0.05, 0.1) is 6.04 Å². The maximum atomic E-state index is 12.5. The summed E-state index contributed by atoms with van der Waals surface area (Å²) < 4.78 is 5.37. The normalized spacial score (nSPS) is 31.8. The smallest absolute Gasteiger partial charge is 0.332 e. The second-order valence-corrected chi connectivity index (χ2v) is 5.85. The molecule has 2 saturated heterocycles. The predicted molar refractivity (Wildman–Crippen MR) is 75.6 cm³/mol. The molecule has 0 radical (unpaired) electrons. The summed E-state index contributed by atoms with van der Waals surface area (Å²) in [6.07, 6.45) is -0.550. The molecule has 3 rings (SSSR count). The zero-order chi connectivity index (χ0) is 15.0. The zero-order valence-electron chi connectivity index (χ0n) is 11.9. The molecule has 21 heavy (non-hydrogen) atoms. The minimum atomic E-state index is -0.984. The van der Waals surface area contributed by atoms with Gasteiger partial charge in [-0.25, -0.2) is 4.79 Å². The molecule has 2 heterocycles. The van der Waals surface area contributed by atoms with E-state index in [2.05, 4.69) is 6.92 Å². The molecule has 0 bridgehead atoms. The van der Waals surface area contributed by atoms with Crippen LogP contribution in [-0.2, 0) is 14.3 Å². The fraction of sp³-hybridized carbons (Fsp3) is 0.500. The van der Waals surface area contributed by atoms with Gasteiger partial charge < -0.3 is 14.7 Å². The monoisotopic (exact) mass is 289 g/mol. The van der Waals surface area contributed by atoms with Gasteiger partial charge >= 0.3 is 5.97 Å². The quantitative estimate of drug-likeness (QED) is 0.922. The van der Waals surface area contributed by atoms with Crippen molar-refractivity contribution < 1.29 is 19.4 Å². The number of rotatable bonds is 3. The molecule has 2 aliphatic heterocycles. The van der Waals surface area contributed by atoms with Crippen LogP contribution in [0.5, 0.6) is 0 Å². The number of hydrogen-bond acceptors (Lipinski definition) is 3. The first kappa shape index (κ1) is 14.1. The Bertz CT molecular complexity index is 544. The Kier molecular flexibility index (Phi) is 3.68. The molecule has 4 atom stereocenters. The van der Waals surface area contributed by atoms with Crippen molar-refractivity contribution >= 4 is 11.9 Å². The van der Waals surface area contributed by atoms with Crippen molar-refractivity contribution in [3.05, 3.63) is 35.9 Å². The Morgan fingerprint density at radius 1 is 1.19 bits per heavy atom. The molecule has 0 saturated carbocycles. The van der Waals surface area contributed by atoms with Crippen molar-refractivity contribution in [2.45, 2.75) is 38.0 Å². The van der Waals surface area contributed by atoms with E-state index in [4.69, 9.17) is 9.84 Å². The largest absolute Gasteiger partial charge is 0.479 e. The molecule has 112 valence electrons. The van der Waals surface area contributed by atoms with Crippen molar-refractivity contribution in [1.29, 1.82) is 0 Å². The van der Waals surface area contributed by atoms with Crippen LogP contribution in [-0.4, -0.2) is 40.6 Å². The van der Waals surface area contributed by atoms with Crippen molar-refractivity contribution in [2.24, 2.45) is 5.92 Å². The lowest BCUT2D eigenvalue weighted by Crippen LogP contribution is -2.54. The molecule has 2 fully saturated rings. The number of nitrogens with zero attached hydrogens (tertiary/aromatic N) is 1. The summed E-state index contributed by atoms with van der Waals surface area (Å²) in [5.74, 6) is -0.652. The summed E-state index contributed by atoms with van der Waals surface area (Å²) in [5.41, 5.74) is 1.12. The minimum Gasteiger partial charge on any atom is -0.479 e. The maximum Gasteiger partial charge on any atom is 0.332 e. The lowest BCUT2D eigenvalue weighted by molar-refractivity contribution is -0.161.